The van der Waals surface area contributed by atoms with Crippen molar-refractivity contribution in [1.82, 2.24) is 14.8 Å². The summed E-state index contributed by atoms with van der Waals surface area (Å²) in [5, 5.41) is 5.25. The van der Waals surface area contributed by atoms with Gasteiger partial charge >= 0.3 is 6.18 Å². The first kappa shape index (κ1) is 19.4. The van der Waals surface area contributed by atoms with Crippen LogP contribution in [0.1, 0.15) is 30.4 Å². The van der Waals surface area contributed by atoms with E-state index in [1.54, 1.807) is 12.4 Å². The summed E-state index contributed by atoms with van der Waals surface area (Å²) >= 11 is 0. The zero-order valence-electron chi connectivity index (χ0n) is 16.4. The number of benzene rings is 2. The van der Waals surface area contributed by atoms with Crippen LogP contribution in [-0.4, -0.2) is 20.7 Å². The van der Waals surface area contributed by atoms with Crippen LogP contribution in [0.3, 0.4) is 0 Å². The van der Waals surface area contributed by atoms with Crippen molar-refractivity contribution in [2.24, 2.45) is 5.73 Å². The maximum absolute atomic E-state index is 12.8. The molecule has 0 aliphatic heterocycles. The minimum Gasteiger partial charge on any atom is -0.369 e. The summed E-state index contributed by atoms with van der Waals surface area (Å²) in [6.45, 7) is 0. The number of rotatable bonds is 4. The van der Waals surface area contributed by atoms with E-state index in [4.69, 9.17) is 5.73 Å². The van der Waals surface area contributed by atoms with Crippen molar-refractivity contribution < 1.29 is 18.0 Å². The molecular formula is C23H19F3N4O. The molecule has 0 bridgehead atoms. The van der Waals surface area contributed by atoms with E-state index in [0.29, 0.717) is 5.69 Å². The van der Waals surface area contributed by atoms with E-state index in [9.17, 15) is 18.0 Å². The number of alkyl halides is 3. The van der Waals surface area contributed by atoms with Crippen LogP contribution in [0.2, 0.25) is 0 Å². The second-order valence-corrected chi connectivity index (χ2v) is 7.98. The molecule has 8 heteroatoms. The summed E-state index contributed by atoms with van der Waals surface area (Å²) in [6, 6.07) is 10.7. The Hall–Kier alpha value is -3.55. The molecule has 2 aromatic carbocycles. The Balaban J connectivity index is 1.50. The summed E-state index contributed by atoms with van der Waals surface area (Å²) in [7, 11) is 0. The second kappa shape index (κ2) is 6.73. The van der Waals surface area contributed by atoms with Crippen molar-refractivity contribution in [3.05, 3.63) is 72.2 Å². The zero-order valence-corrected chi connectivity index (χ0v) is 16.4. The average Bonchev–Trinajstić information content (AvgIpc) is 3.34. The summed E-state index contributed by atoms with van der Waals surface area (Å²) in [4.78, 5) is 15.4. The number of hydrogen-bond donors (Lipinski definition) is 2. The largest absolute Gasteiger partial charge is 0.416 e. The van der Waals surface area contributed by atoms with Crippen LogP contribution in [0.5, 0.6) is 0 Å². The summed E-state index contributed by atoms with van der Waals surface area (Å²) in [5.41, 5.74) is 8.48. The summed E-state index contributed by atoms with van der Waals surface area (Å²) in [6.07, 6.45) is 3.37. The lowest BCUT2D eigenvalue weighted by Crippen LogP contribution is -2.46. The fraction of sp³-hybridized carbons (Fsp3) is 0.217. The number of aromatic amines is 1. The van der Waals surface area contributed by atoms with E-state index in [-0.39, 0.29) is 5.91 Å². The molecule has 5 nitrogen and oxygen atoms in total. The number of nitrogens with two attached hydrogens (primary N) is 1. The van der Waals surface area contributed by atoms with Crippen LogP contribution >= 0.6 is 0 Å². The predicted molar refractivity (Wildman–Crippen MR) is 111 cm³/mol. The molecule has 0 radical (unpaired) electrons. The Morgan fingerprint density at radius 2 is 1.84 bits per heavy atom. The van der Waals surface area contributed by atoms with Gasteiger partial charge in [-0.05, 0) is 60.4 Å². The fourth-order valence-corrected chi connectivity index (χ4v) is 4.29. The molecule has 0 saturated heterocycles. The van der Waals surface area contributed by atoms with E-state index in [0.717, 1.165) is 59.0 Å². The highest BCUT2D eigenvalue weighted by atomic mass is 19.4. The van der Waals surface area contributed by atoms with Gasteiger partial charge in [0.15, 0.2) is 0 Å². The number of halogens is 3. The number of primary amides is 1. The molecule has 1 fully saturated rings. The highest BCUT2D eigenvalue weighted by Gasteiger charge is 2.45. The molecule has 1 aliphatic rings. The van der Waals surface area contributed by atoms with E-state index in [1.807, 2.05) is 24.4 Å². The van der Waals surface area contributed by atoms with E-state index in [1.165, 1.54) is 16.8 Å². The second-order valence-electron chi connectivity index (χ2n) is 7.98. The van der Waals surface area contributed by atoms with Gasteiger partial charge in [-0.3, -0.25) is 4.79 Å². The van der Waals surface area contributed by atoms with Gasteiger partial charge in [-0.15, -0.1) is 0 Å². The van der Waals surface area contributed by atoms with Gasteiger partial charge in [-0.1, -0.05) is 12.5 Å². The molecule has 2 heterocycles. The summed E-state index contributed by atoms with van der Waals surface area (Å²) in [5.74, 6) is -0.305. The standard InChI is InChI=1S/C23H19F3N4O/c24-23(25,26)16-3-5-17(6-4-16)30-13-15(11-29-30)14-2-7-20-18(10-14)19(12-28-20)22(21(27)31)8-1-9-22/h2-7,10-13,28H,1,8-9H2,(H2,27,31). The van der Waals surface area contributed by atoms with Gasteiger partial charge in [-0.2, -0.15) is 18.3 Å². The number of carbonyl (C=O) groups is 1. The van der Waals surface area contributed by atoms with Gasteiger partial charge in [0.05, 0.1) is 22.9 Å². The maximum Gasteiger partial charge on any atom is 0.416 e. The number of carbonyl (C=O) groups excluding carboxylic acids is 1. The third-order valence-corrected chi connectivity index (χ3v) is 6.25. The molecule has 4 aromatic rings. The molecule has 1 saturated carbocycles. The lowest BCUT2D eigenvalue weighted by Gasteiger charge is -2.38. The van der Waals surface area contributed by atoms with Crippen molar-refractivity contribution in [3.8, 4) is 16.8 Å². The smallest absolute Gasteiger partial charge is 0.369 e. The quantitative estimate of drug-likeness (QED) is 0.487. The molecule has 0 unspecified atom stereocenters. The van der Waals surface area contributed by atoms with E-state index in [2.05, 4.69) is 10.1 Å². The Kier molecular flexibility index (Phi) is 4.22. The van der Waals surface area contributed by atoms with Gasteiger partial charge in [0.25, 0.3) is 0 Å². The van der Waals surface area contributed by atoms with Crippen molar-refractivity contribution in [2.45, 2.75) is 30.9 Å². The van der Waals surface area contributed by atoms with Crippen LogP contribution in [0.25, 0.3) is 27.7 Å². The fourth-order valence-electron chi connectivity index (χ4n) is 4.29. The van der Waals surface area contributed by atoms with Gasteiger partial charge in [0, 0.05) is 28.9 Å². The molecule has 1 amide bonds. The number of amides is 1. The third-order valence-electron chi connectivity index (χ3n) is 6.25. The Labute approximate surface area is 175 Å². The van der Waals surface area contributed by atoms with Crippen molar-refractivity contribution in [1.29, 1.82) is 0 Å². The Bertz CT molecular complexity index is 1280. The molecule has 158 valence electrons. The SMILES string of the molecule is NC(=O)C1(c2c[nH]c3ccc(-c4cnn(-c5ccc(C(F)(F)F)cc5)c4)cc23)CCC1. The van der Waals surface area contributed by atoms with Gasteiger partial charge in [-0.25, -0.2) is 4.68 Å². The molecule has 0 atom stereocenters. The maximum atomic E-state index is 12.8. The van der Waals surface area contributed by atoms with E-state index < -0.39 is 17.2 Å². The number of nitrogens with zero attached hydrogens (tertiary/aromatic N) is 2. The van der Waals surface area contributed by atoms with Crippen LogP contribution in [0.4, 0.5) is 13.2 Å². The molecule has 0 spiro atoms. The topological polar surface area (TPSA) is 76.7 Å². The van der Waals surface area contributed by atoms with Crippen molar-refractivity contribution in [3.63, 3.8) is 0 Å². The van der Waals surface area contributed by atoms with Gasteiger partial charge in [0.1, 0.15) is 0 Å². The molecule has 5 rings (SSSR count). The molecule has 1 aliphatic carbocycles. The zero-order chi connectivity index (χ0) is 21.8. The van der Waals surface area contributed by atoms with Crippen LogP contribution in [0, 0.1) is 0 Å². The van der Waals surface area contributed by atoms with Crippen LogP contribution in [-0.2, 0) is 16.4 Å². The van der Waals surface area contributed by atoms with Crippen LogP contribution in [0.15, 0.2) is 61.1 Å². The monoisotopic (exact) mass is 424 g/mol. The Morgan fingerprint density at radius 1 is 1.10 bits per heavy atom. The minimum atomic E-state index is -4.37. The first-order valence-corrected chi connectivity index (χ1v) is 9.92. The average molecular weight is 424 g/mol. The van der Waals surface area contributed by atoms with Gasteiger partial charge in [0.2, 0.25) is 5.91 Å². The number of hydrogen-bond acceptors (Lipinski definition) is 2. The molecule has 2 aromatic heterocycles. The van der Waals surface area contributed by atoms with Gasteiger partial charge < -0.3 is 10.7 Å². The first-order valence-electron chi connectivity index (χ1n) is 9.92. The highest BCUT2D eigenvalue weighted by Crippen LogP contribution is 2.46. The highest BCUT2D eigenvalue weighted by molar-refractivity contribution is 5.96. The molecular weight excluding hydrogens is 405 g/mol. The third kappa shape index (κ3) is 3.10. The summed E-state index contributed by atoms with van der Waals surface area (Å²) < 4.78 is 39.9. The van der Waals surface area contributed by atoms with Crippen LogP contribution < -0.4 is 5.73 Å². The first-order chi connectivity index (χ1) is 14.8. The number of fused-ring (bicyclic) bond motifs is 1. The van der Waals surface area contributed by atoms with Crippen molar-refractivity contribution in [2.75, 3.05) is 0 Å². The Morgan fingerprint density at radius 3 is 2.45 bits per heavy atom. The number of aromatic nitrogens is 3. The van der Waals surface area contributed by atoms with E-state index >= 15 is 0 Å². The lowest BCUT2D eigenvalue weighted by atomic mass is 9.64. The normalized spacial score (nSPS) is 15.7. The number of nitrogens with one attached hydrogen (secondary N) is 1. The predicted octanol–water partition coefficient (Wildman–Crippen LogP) is 4.95. The molecule has 31 heavy (non-hydrogen) atoms. The lowest BCUT2D eigenvalue weighted by molar-refractivity contribution is -0.137. The van der Waals surface area contributed by atoms with Crippen molar-refractivity contribution >= 4 is 16.8 Å². The molecule has 3 N–H and O–H groups in total. The number of H-pyrrole nitrogens is 1. The minimum absolute atomic E-state index is 0.305.